The van der Waals surface area contributed by atoms with Crippen molar-refractivity contribution in [1.29, 1.82) is 0 Å². The molecule has 0 radical (unpaired) electrons. The van der Waals surface area contributed by atoms with Crippen molar-refractivity contribution in [1.82, 2.24) is 0 Å². The van der Waals surface area contributed by atoms with E-state index in [0.717, 1.165) is 11.1 Å². The molecule has 2 aromatic rings. The van der Waals surface area contributed by atoms with E-state index in [-0.39, 0.29) is 22.4 Å². The standard InChI is InChI=1S/C32H36O5/c1-19-7-9-20(10-8-19)18-36-24-12-11-21(13-25(24)35-6)28-29-22(33)14-31(2,3)16-26(29)37-27-17-32(4,5)15-23(34)30(27)28/h7-13,28H,14-18H2,1-6H3. The van der Waals surface area contributed by atoms with Crippen molar-refractivity contribution in [3.63, 3.8) is 0 Å². The highest BCUT2D eigenvalue weighted by molar-refractivity contribution is 6.06. The summed E-state index contributed by atoms with van der Waals surface area (Å²) in [6, 6.07) is 14.0. The Labute approximate surface area is 219 Å². The van der Waals surface area contributed by atoms with E-state index in [1.54, 1.807) is 7.11 Å². The van der Waals surface area contributed by atoms with Crippen molar-refractivity contribution in [2.24, 2.45) is 10.8 Å². The van der Waals surface area contributed by atoms with Crippen LogP contribution in [0.4, 0.5) is 0 Å². The number of ether oxygens (including phenoxy) is 3. The van der Waals surface area contributed by atoms with Gasteiger partial charge in [0.05, 0.1) is 7.11 Å². The molecule has 2 aliphatic carbocycles. The maximum absolute atomic E-state index is 13.5. The van der Waals surface area contributed by atoms with Gasteiger partial charge in [-0.3, -0.25) is 9.59 Å². The van der Waals surface area contributed by atoms with Gasteiger partial charge >= 0.3 is 0 Å². The van der Waals surface area contributed by atoms with Gasteiger partial charge < -0.3 is 14.2 Å². The first-order valence-electron chi connectivity index (χ1n) is 13.0. The maximum atomic E-state index is 13.5. The van der Waals surface area contributed by atoms with Crippen LogP contribution >= 0.6 is 0 Å². The van der Waals surface area contributed by atoms with Crippen LogP contribution in [0, 0.1) is 17.8 Å². The molecule has 0 aromatic heterocycles. The van der Waals surface area contributed by atoms with Crippen molar-refractivity contribution < 1.29 is 23.8 Å². The molecule has 0 bridgehead atoms. The fourth-order valence-electron chi connectivity index (χ4n) is 5.84. The molecular formula is C32H36O5. The number of carbonyl (C=O) groups is 2. The van der Waals surface area contributed by atoms with E-state index < -0.39 is 5.92 Å². The Bertz CT molecular complexity index is 1270. The van der Waals surface area contributed by atoms with Gasteiger partial charge in [-0.2, -0.15) is 0 Å². The van der Waals surface area contributed by atoms with Gasteiger partial charge in [0.2, 0.25) is 0 Å². The molecule has 3 aliphatic rings. The summed E-state index contributed by atoms with van der Waals surface area (Å²) in [6.45, 7) is 10.8. The molecular weight excluding hydrogens is 464 g/mol. The Morgan fingerprint density at radius 3 is 1.92 bits per heavy atom. The van der Waals surface area contributed by atoms with Crippen molar-refractivity contribution >= 4 is 11.6 Å². The van der Waals surface area contributed by atoms with Crippen LogP contribution in [0.5, 0.6) is 11.5 Å². The fraction of sp³-hybridized carbons (Fsp3) is 0.438. The van der Waals surface area contributed by atoms with Crippen LogP contribution in [-0.4, -0.2) is 18.7 Å². The minimum absolute atomic E-state index is 0.0547. The predicted molar refractivity (Wildman–Crippen MR) is 142 cm³/mol. The molecule has 1 aliphatic heterocycles. The van der Waals surface area contributed by atoms with Crippen molar-refractivity contribution in [3.8, 4) is 11.5 Å². The number of ketones is 2. The van der Waals surface area contributed by atoms with Crippen LogP contribution in [-0.2, 0) is 20.9 Å². The van der Waals surface area contributed by atoms with Gasteiger partial charge in [0.1, 0.15) is 18.1 Å². The molecule has 0 saturated carbocycles. The minimum Gasteiger partial charge on any atom is -0.493 e. The van der Waals surface area contributed by atoms with Crippen LogP contribution in [0.3, 0.4) is 0 Å². The summed E-state index contributed by atoms with van der Waals surface area (Å²) < 4.78 is 18.2. The molecule has 0 saturated heterocycles. The summed E-state index contributed by atoms with van der Waals surface area (Å²) in [4.78, 5) is 27.0. The zero-order chi connectivity index (χ0) is 26.5. The summed E-state index contributed by atoms with van der Waals surface area (Å²) in [7, 11) is 1.61. The van der Waals surface area contributed by atoms with Crippen molar-refractivity contribution in [3.05, 3.63) is 81.8 Å². The van der Waals surface area contributed by atoms with Crippen LogP contribution in [0.25, 0.3) is 0 Å². The highest BCUT2D eigenvalue weighted by Crippen LogP contribution is 2.53. The lowest BCUT2D eigenvalue weighted by atomic mass is 9.65. The van der Waals surface area contributed by atoms with E-state index in [0.29, 0.717) is 66.5 Å². The summed E-state index contributed by atoms with van der Waals surface area (Å²) in [5.74, 6) is 2.29. The molecule has 5 heteroatoms. The zero-order valence-electron chi connectivity index (χ0n) is 22.7. The second-order valence-corrected chi connectivity index (χ2v) is 12.3. The molecule has 5 rings (SSSR count). The van der Waals surface area contributed by atoms with Crippen LogP contribution in [0.15, 0.2) is 65.1 Å². The van der Waals surface area contributed by atoms with E-state index in [4.69, 9.17) is 14.2 Å². The number of aryl methyl sites for hydroxylation is 1. The molecule has 0 N–H and O–H groups in total. The number of benzene rings is 2. The van der Waals surface area contributed by atoms with E-state index in [2.05, 4.69) is 46.8 Å². The number of rotatable bonds is 5. The Hall–Kier alpha value is -3.34. The predicted octanol–water partition coefficient (Wildman–Crippen LogP) is 6.98. The lowest BCUT2D eigenvalue weighted by molar-refractivity contribution is -0.120. The first-order valence-corrected chi connectivity index (χ1v) is 13.0. The molecule has 5 nitrogen and oxygen atoms in total. The number of carbonyl (C=O) groups excluding carboxylic acids is 2. The maximum Gasteiger partial charge on any atom is 0.163 e. The number of allylic oxidation sites excluding steroid dienone is 4. The van der Waals surface area contributed by atoms with Gasteiger partial charge in [0.15, 0.2) is 23.1 Å². The summed E-state index contributed by atoms with van der Waals surface area (Å²) >= 11 is 0. The quantitative estimate of drug-likeness (QED) is 0.443. The average molecular weight is 501 g/mol. The van der Waals surface area contributed by atoms with E-state index in [9.17, 15) is 9.59 Å². The van der Waals surface area contributed by atoms with E-state index in [1.807, 2.05) is 30.3 Å². The molecule has 0 fully saturated rings. The highest BCUT2D eigenvalue weighted by atomic mass is 16.5. The van der Waals surface area contributed by atoms with Crippen LogP contribution in [0.1, 0.15) is 76.0 Å². The molecule has 2 aromatic carbocycles. The average Bonchev–Trinajstić information content (AvgIpc) is 2.80. The minimum atomic E-state index is -0.453. The molecule has 0 unspecified atom stereocenters. The van der Waals surface area contributed by atoms with Gasteiger partial charge in [-0.1, -0.05) is 63.6 Å². The van der Waals surface area contributed by atoms with E-state index >= 15 is 0 Å². The number of Topliss-reactive ketones (excluding diaryl/α,β-unsaturated/α-hetero) is 2. The largest absolute Gasteiger partial charge is 0.493 e. The van der Waals surface area contributed by atoms with Crippen molar-refractivity contribution in [2.75, 3.05) is 7.11 Å². The second-order valence-electron chi connectivity index (χ2n) is 12.3. The van der Waals surface area contributed by atoms with E-state index in [1.165, 1.54) is 5.56 Å². The number of hydrogen-bond acceptors (Lipinski definition) is 5. The van der Waals surface area contributed by atoms with Gasteiger partial charge in [-0.25, -0.2) is 0 Å². The first-order chi connectivity index (χ1) is 17.5. The Morgan fingerprint density at radius 1 is 0.811 bits per heavy atom. The van der Waals surface area contributed by atoms with Gasteiger partial charge in [-0.15, -0.1) is 0 Å². The smallest absolute Gasteiger partial charge is 0.163 e. The summed E-state index contributed by atoms with van der Waals surface area (Å²) in [5.41, 5.74) is 4.00. The third-order valence-corrected chi connectivity index (χ3v) is 7.62. The molecule has 0 atom stereocenters. The SMILES string of the molecule is COc1cc(C2C3=C(CC(C)(C)CC3=O)OC3=C2C(=O)CC(C)(C)C3)ccc1OCc1ccc(C)cc1. The third kappa shape index (κ3) is 4.96. The van der Waals surface area contributed by atoms with Gasteiger partial charge in [0, 0.05) is 42.7 Å². The monoisotopic (exact) mass is 500 g/mol. The molecule has 0 amide bonds. The number of methoxy groups -OCH3 is 1. The Kier molecular flexibility index (Phi) is 6.29. The van der Waals surface area contributed by atoms with Crippen LogP contribution in [0.2, 0.25) is 0 Å². The highest BCUT2D eigenvalue weighted by Gasteiger charge is 2.47. The third-order valence-electron chi connectivity index (χ3n) is 7.62. The lowest BCUT2D eigenvalue weighted by Crippen LogP contribution is -2.37. The number of hydrogen-bond donors (Lipinski definition) is 0. The molecule has 194 valence electrons. The Morgan fingerprint density at radius 2 is 1.38 bits per heavy atom. The summed E-state index contributed by atoms with van der Waals surface area (Å²) in [5, 5.41) is 0. The van der Waals surface area contributed by atoms with Crippen LogP contribution < -0.4 is 9.47 Å². The van der Waals surface area contributed by atoms with Crippen molar-refractivity contribution in [2.45, 2.75) is 72.8 Å². The molecule has 0 spiro atoms. The topological polar surface area (TPSA) is 61.8 Å². The second kappa shape index (κ2) is 9.20. The molecule has 1 heterocycles. The zero-order valence-corrected chi connectivity index (χ0v) is 22.7. The fourth-order valence-corrected chi connectivity index (χ4v) is 5.84. The normalized spacial score (nSPS) is 20.8. The first kappa shape index (κ1) is 25.3. The Balaban J connectivity index is 1.55. The van der Waals surface area contributed by atoms with Gasteiger partial charge in [0.25, 0.3) is 0 Å². The van der Waals surface area contributed by atoms with Gasteiger partial charge in [-0.05, 0) is 41.0 Å². The summed E-state index contributed by atoms with van der Waals surface area (Å²) in [6.07, 6.45) is 2.21. The molecule has 37 heavy (non-hydrogen) atoms. The lowest BCUT2D eigenvalue weighted by Gasteiger charge is -2.42.